The van der Waals surface area contributed by atoms with Crippen LogP contribution < -0.4 is 5.32 Å². The Morgan fingerprint density at radius 2 is 2.11 bits per heavy atom. The van der Waals surface area contributed by atoms with Crippen LogP contribution in [0.5, 0.6) is 0 Å². The zero-order chi connectivity index (χ0) is 13.2. The number of carbonyl (C=O) groups is 1. The van der Waals surface area contributed by atoms with E-state index >= 15 is 0 Å². The summed E-state index contributed by atoms with van der Waals surface area (Å²) in [4.78, 5) is 19.4. The summed E-state index contributed by atoms with van der Waals surface area (Å²) >= 11 is 3.30. The number of halogens is 1. The van der Waals surface area contributed by atoms with Crippen LogP contribution in [-0.4, -0.2) is 15.9 Å². The molecule has 1 aromatic carbocycles. The maximum Gasteiger partial charge on any atom is 0.257 e. The summed E-state index contributed by atoms with van der Waals surface area (Å²) < 4.78 is 0.873. The Kier molecular flexibility index (Phi) is 3.05. The predicted octanol–water partition coefficient (Wildman–Crippen LogP) is 3.58. The van der Waals surface area contributed by atoms with Crippen molar-refractivity contribution in [3.63, 3.8) is 0 Å². The molecule has 3 rings (SSSR count). The molecule has 0 aliphatic carbocycles. The van der Waals surface area contributed by atoms with E-state index < -0.39 is 0 Å². The van der Waals surface area contributed by atoms with Crippen LogP contribution in [0, 0.1) is 0 Å². The number of hydrogen-bond acceptors (Lipinski definition) is 2. The molecular formula is C14H10BrN3O. The number of hydrogen-bond donors (Lipinski definition) is 2. The van der Waals surface area contributed by atoms with Crippen molar-refractivity contribution in [3.8, 4) is 0 Å². The first kappa shape index (κ1) is 11.9. The van der Waals surface area contributed by atoms with Gasteiger partial charge in [-0.3, -0.25) is 4.79 Å². The molecule has 2 N–H and O–H groups in total. The van der Waals surface area contributed by atoms with E-state index in [1.165, 1.54) is 0 Å². The van der Waals surface area contributed by atoms with Crippen molar-refractivity contribution in [2.24, 2.45) is 0 Å². The second kappa shape index (κ2) is 4.85. The SMILES string of the molecule is O=C(Nc1ccc(Br)cn1)c1cccc2[nH]ccc12. The van der Waals surface area contributed by atoms with Crippen LogP contribution >= 0.6 is 15.9 Å². The van der Waals surface area contributed by atoms with Crippen molar-refractivity contribution < 1.29 is 4.79 Å². The quantitative estimate of drug-likeness (QED) is 0.759. The highest BCUT2D eigenvalue weighted by atomic mass is 79.9. The predicted molar refractivity (Wildman–Crippen MR) is 78.2 cm³/mol. The van der Waals surface area contributed by atoms with Gasteiger partial charge in [-0.15, -0.1) is 0 Å². The third kappa shape index (κ3) is 2.37. The van der Waals surface area contributed by atoms with Crippen molar-refractivity contribution in [1.82, 2.24) is 9.97 Å². The second-order valence-electron chi connectivity index (χ2n) is 4.06. The van der Waals surface area contributed by atoms with Crippen LogP contribution in [0.4, 0.5) is 5.82 Å². The molecule has 0 saturated carbocycles. The highest BCUT2D eigenvalue weighted by molar-refractivity contribution is 9.10. The Morgan fingerprint density at radius 1 is 1.21 bits per heavy atom. The monoisotopic (exact) mass is 315 g/mol. The van der Waals surface area contributed by atoms with Crippen molar-refractivity contribution in [3.05, 3.63) is 58.8 Å². The molecule has 19 heavy (non-hydrogen) atoms. The number of amides is 1. The third-order valence-electron chi connectivity index (χ3n) is 2.81. The minimum absolute atomic E-state index is 0.167. The highest BCUT2D eigenvalue weighted by Crippen LogP contribution is 2.19. The van der Waals surface area contributed by atoms with Gasteiger partial charge in [0.05, 0.1) is 0 Å². The van der Waals surface area contributed by atoms with Gasteiger partial charge < -0.3 is 10.3 Å². The molecule has 5 heteroatoms. The molecule has 0 saturated heterocycles. The topological polar surface area (TPSA) is 57.8 Å². The number of nitrogens with one attached hydrogen (secondary N) is 2. The maximum absolute atomic E-state index is 12.2. The molecule has 0 bridgehead atoms. The number of nitrogens with zero attached hydrogens (tertiary/aromatic N) is 1. The van der Waals surface area contributed by atoms with E-state index in [9.17, 15) is 4.79 Å². The van der Waals surface area contributed by atoms with Crippen LogP contribution in [0.2, 0.25) is 0 Å². The third-order valence-corrected chi connectivity index (χ3v) is 3.28. The van der Waals surface area contributed by atoms with Crippen molar-refractivity contribution in [2.45, 2.75) is 0 Å². The van der Waals surface area contributed by atoms with E-state index in [-0.39, 0.29) is 5.91 Å². The average molecular weight is 316 g/mol. The fraction of sp³-hybridized carbons (Fsp3) is 0. The second-order valence-corrected chi connectivity index (χ2v) is 4.98. The highest BCUT2D eigenvalue weighted by Gasteiger charge is 2.10. The molecule has 0 aliphatic heterocycles. The molecular weight excluding hydrogens is 306 g/mol. The lowest BCUT2D eigenvalue weighted by molar-refractivity contribution is 0.102. The lowest BCUT2D eigenvalue weighted by Gasteiger charge is -2.05. The molecule has 2 aromatic heterocycles. The van der Waals surface area contributed by atoms with Crippen LogP contribution in [0.3, 0.4) is 0 Å². The molecule has 1 amide bonds. The first-order chi connectivity index (χ1) is 9.24. The number of rotatable bonds is 2. The Labute approximate surface area is 118 Å². The van der Waals surface area contributed by atoms with Gasteiger partial charge in [0.15, 0.2) is 0 Å². The molecule has 0 radical (unpaired) electrons. The first-order valence-electron chi connectivity index (χ1n) is 5.73. The number of H-pyrrole nitrogens is 1. The number of benzene rings is 1. The van der Waals surface area contributed by atoms with Crippen molar-refractivity contribution in [1.29, 1.82) is 0 Å². The minimum atomic E-state index is -0.167. The summed E-state index contributed by atoms with van der Waals surface area (Å²) in [6.07, 6.45) is 3.46. The zero-order valence-corrected chi connectivity index (χ0v) is 11.4. The summed E-state index contributed by atoms with van der Waals surface area (Å²) in [5.74, 6) is 0.362. The Morgan fingerprint density at radius 3 is 2.89 bits per heavy atom. The van der Waals surface area contributed by atoms with E-state index in [0.29, 0.717) is 11.4 Å². The van der Waals surface area contributed by atoms with Crippen LogP contribution in [0.15, 0.2) is 53.3 Å². The number of anilines is 1. The van der Waals surface area contributed by atoms with Gasteiger partial charge in [0.25, 0.3) is 5.91 Å². The van der Waals surface area contributed by atoms with Gasteiger partial charge in [-0.2, -0.15) is 0 Å². The minimum Gasteiger partial charge on any atom is -0.361 e. The van der Waals surface area contributed by atoms with E-state index in [1.54, 1.807) is 18.3 Å². The van der Waals surface area contributed by atoms with E-state index in [4.69, 9.17) is 0 Å². The van der Waals surface area contributed by atoms with Gasteiger partial charge >= 0.3 is 0 Å². The molecule has 4 nitrogen and oxygen atoms in total. The lowest BCUT2D eigenvalue weighted by Crippen LogP contribution is -2.13. The zero-order valence-electron chi connectivity index (χ0n) is 9.85. The van der Waals surface area contributed by atoms with Crippen molar-refractivity contribution >= 4 is 38.6 Å². The molecule has 94 valence electrons. The lowest BCUT2D eigenvalue weighted by atomic mass is 10.1. The smallest absolute Gasteiger partial charge is 0.257 e. The van der Waals surface area contributed by atoms with Gasteiger partial charge in [0, 0.05) is 33.3 Å². The van der Waals surface area contributed by atoms with E-state index in [0.717, 1.165) is 15.4 Å². The molecule has 0 unspecified atom stereocenters. The van der Waals surface area contributed by atoms with Crippen LogP contribution in [0.25, 0.3) is 10.9 Å². The van der Waals surface area contributed by atoms with Gasteiger partial charge in [-0.05, 0) is 46.3 Å². The van der Waals surface area contributed by atoms with Crippen molar-refractivity contribution in [2.75, 3.05) is 5.32 Å². The fourth-order valence-electron chi connectivity index (χ4n) is 1.92. The molecule has 0 fully saturated rings. The average Bonchev–Trinajstić information content (AvgIpc) is 2.89. The van der Waals surface area contributed by atoms with Gasteiger partial charge in [0.1, 0.15) is 5.82 Å². The number of aromatic nitrogens is 2. The van der Waals surface area contributed by atoms with Gasteiger partial charge in [0.2, 0.25) is 0 Å². The number of aromatic amines is 1. The number of fused-ring (bicyclic) bond motifs is 1. The molecule has 0 aliphatic rings. The van der Waals surface area contributed by atoms with E-state index in [1.807, 2.05) is 30.5 Å². The molecule has 0 spiro atoms. The van der Waals surface area contributed by atoms with Gasteiger partial charge in [-0.25, -0.2) is 4.98 Å². The molecule has 0 atom stereocenters. The number of pyridine rings is 1. The van der Waals surface area contributed by atoms with E-state index in [2.05, 4.69) is 31.2 Å². The van der Waals surface area contributed by atoms with Gasteiger partial charge in [-0.1, -0.05) is 6.07 Å². The Balaban J connectivity index is 1.92. The maximum atomic E-state index is 12.2. The molecule has 3 aromatic rings. The summed E-state index contributed by atoms with van der Waals surface area (Å²) in [6.45, 7) is 0. The summed E-state index contributed by atoms with van der Waals surface area (Å²) in [7, 11) is 0. The largest absolute Gasteiger partial charge is 0.361 e. The summed E-state index contributed by atoms with van der Waals surface area (Å²) in [5, 5.41) is 3.68. The van der Waals surface area contributed by atoms with Crippen LogP contribution in [-0.2, 0) is 0 Å². The normalized spacial score (nSPS) is 10.6. The summed E-state index contributed by atoms with van der Waals surface area (Å²) in [6, 6.07) is 11.1. The number of carbonyl (C=O) groups excluding carboxylic acids is 1. The standard InChI is InChI=1S/C14H10BrN3O/c15-9-4-5-13(17-8-9)18-14(19)11-2-1-3-12-10(11)6-7-16-12/h1-8,16H,(H,17,18,19). The Bertz CT molecular complexity index is 734. The molecule has 2 heterocycles. The Hall–Kier alpha value is -2.14. The summed E-state index contributed by atoms with van der Waals surface area (Å²) in [5.41, 5.74) is 1.57. The fourth-order valence-corrected chi connectivity index (χ4v) is 2.15. The van der Waals surface area contributed by atoms with Crippen LogP contribution in [0.1, 0.15) is 10.4 Å². The first-order valence-corrected chi connectivity index (χ1v) is 6.52.